The molecular weight excluding hydrogens is 270 g/mol. The van der Waals surface area contributed by atoms with Crippen molar-refractivity contribution < 1.29 is 0 Å². The number of nitrogens with zero attached hydrogens (tertiary/aromatic N) is 3. The smallest absolute Gasteiger partial charge is 0.161 e. The Balaban J connectivity index is 2.10. The predicted molar refractivity (Wildman–Crippen MR) is 81.0 cm³/mol. The third kappa shape index (κ3) is 2.68. The van der Waals surface area contributed by atoms with E-state index >= 15 is 0 Å². The summed E-state index contributed by atoms with van der Waals surface area (Å²) in [5.41, 5.74) is 5.24. The summed E-state index contributed by atoms with van der Waals surface area (Å²) in [7, 11) is 0. The van der Waals surface area contributed by atoms with Crippen LogP contribution >= 0.6 is 11.6 Å². The molecule has 1 aliphatic carbocycles. The molecule has 2 heterocycles. The molecule has 0 saturated heterocycles. The molecule has 3 nitrogen and oxygen atoms in total. The molecule has 0 bridgehead atoms. The lowest BCUT2D eigenvalue weighted by Crippen LogP contribution is -2.02. The fraction of sp³-hybridized carbons (Fsp3) is 0.438. The minimum absolute atomic E-state index is 0.624. The van der Waals surface area contributed by atoms with E-state index in [1.807, 2.05) is 26.0 Å². The molecule has 104 valence electrons. The van der Waals surface area contributed by atoms with E-state index in [0.717, 1.165) is 46.9 Å². The van der Waals surface area contributed by atoms with Crippen molar-refractivity contribution in [3.8, 4) is 11.4 Å². The zero-order valence-corrected chi connectivity index (χ0v) is 12.7. The highest BCUT2D eigenvalue weighted by Gasteiger charge is 2.16. The van der Waals surface area contributed by atoms with Crippen molar-refractivity contribution >= 4 is 11.6 Å². The molecule has 0 saturated carbocycles. The second-order valence-corrected chi connectivity index (χ2v) is 5.82. The lowest BCUT2D eigenvalue weighted by atomic mass is 10.1. The van der Waals surface area contributed by atoms with Crippen molar-refractivity contribution in [3.05, 3.63) is 39.9 Å². The van der Waals surface area contributed by atoms with Gasteiger partial charge in [-0.15, -0.1) is 0 Å². The minimum Gasteiger partial charge on any atom is -0.258 e. The summed E-state index contributed by atoms with van der Waals surface area (Å²) in [5, 5.41) is 0.624. The Morgan fingerprint density at radius 2 is 1.60 bits per heavy atom. The highest BCUT2D eigenvalue weighted by molar-refractivity contribution is 6.30. The molecule has 0 fully saturated rings. The molecule has 0 N–H and O–H groups in total. The van der Waals surface area contributed by atoms with Crippen LogP contribution in [0.25, 0.3) is 11.4 Å². The van der Waals surface area contributed by atoms with E-state index in [-0.39, 0.29) is 0 Å². The van der Waals surface area contributed by atoms with Gasteiger partial charge in [0, 0.05) is 28.2 Å². The molecule has 4 heteroatoms. The maximum absolute atomic E-state index is 6.38. The standard InChI is InChI=1S/C16H18ClN3/c1-10-8-12(9-11(2)18-10)16-19-14-7-5-3-4-6-13(14)15(17)20-16/h8-9H,3-7H2,1-2H3. The van der Waals surface area contributed by atoms with Crippen LogP contribution in [-0.4, -0.2) is 15.0 Å². The van der Waals surface area contributed by atoms with Crippen LogP contribution in [0.2, 0.25) is 5.15 Å². The summed E-state index contributed by atoms with van der Waals surface area (Å²) in [6.45, 7) is 3.98. The molecule has 0 aromatic carbocycles. The molecule has 1 aliphatic rings. The van der Waals surface area contributed by atoms with Crippen molar-refractivity contribution in [2.45, 2.75) is 46.0 Å². The third-order valence-electron chi connectivity index (χ3n) is 3.72. The van der Waals surface area contributed by atoms with Gasteiger partial charge in [0.25, 0.3) is 0 Å². The number of halogens is 1. The van der Waals surface area contributed by atoms with Gasteiger partial charge in [-0.1, -0.05) is 18.0 Å². The van der Waals surface area contributed by atoms with E-state index in [1.165, 1.54) is 19.3 Å². The Bertz CT molecular complexity index is 632. The number of aryl methyl sites for hydroxylation is 3. The van der Waals surface area contributed by atoms with Crippen LogP contribution in [-0.2, 0) is 12.8 Å². The van der Waals surface area contributed by atoms with Crippen LogP contribution in [0.4, 0.5) is 0 Å². The van der Waals surface area contributed by atoms with Gasteiger partial charge in [0.05, 0.1) is 0 Å². The number of rotatable bonds is 1. The molecule has 2 aromatic rings. The van der Waals surface area contributed by atoms with Crippen molar-refractivity contribution in [2.24, 2.45) is 0 Å². The summed E-state index contributed by atoms with van der Waals surface area (Å²) < 4.78 is 0. The van der Waals surface area contributed by atoms with Crippen LogP contribution in [0.15, 0.2) is 12.1 Å². The van der Waals surface area contributed by atoms with Crippen molar-refractivity contribution in [1.82, 2.24) is 15.0 Å². The van der Waals surface area contributed by atoms with Crippen molar-refractivity contribution in [3.63, 3.8) is 0 Å². The van der Waals surface area contributed by atoms with Gasteiger partial charge < -0.3 is 0 Å². The molecular formula is C16H18ClN3. The molecule has 0 radical (unpaired) electrons. The Hall–Kier alpha value is -1.48. The van der Waals surface area contributed by atoms with Gasteiger partial charge in [-0.2, -0.15) is 0 Å². The first-order valence-electron chi connectivity index (χ1n) is 7.14. The number of fused-ring (bicyclic) bond motifs is 1. The Morgan fingerprint density at radius 3 is 2.35 bits per heavy atom. The first-order valence-corrected chi connectivity index (χ1v) is 7.52. The quantitative estimate of drug-likeness (QED) is 0.586. The van der Waals surface area contributed by atoms with Gasteiger partial charge in [-0.25, -0.2) is 9.97 Å². The first-order chi connectivity index (χ1) is 9.63. The Labute approximate surface area is 124 Å². The normalized spacial score (nSPS) is 14.8. The monoisotopic (exact) mass is 287 g/mol. The van der Waals surface area contributed by atoms with E-state index in [0.29, 0.717) is 5.15 Å². The third-order valence-corrected chi connectivity index (χ3v) is 4.03. The molecule has 3 rings (SSSR count). The lowest BCUT2D eigenvalue weighted by Gasteiger charge is -2.10. The summed E-state index contributed by atoms with van der Waals surface area (Å²) in [6.07, 6.45) is 5.63. The van der Waals surface area contributed by atoms with E-state index in [4.69, 9.17) is 16.6 Å². The Kier molecular flexibility index (Phi) is 3.70. The van der Waals surface area contributed by atoms with Crippen LogP contribution in [0.1, 0.15) is 41.9 Å². The molecule has 0 spiro atoms. The fourth-order valence-corrected chi connectivity index (χ4v) is 3.10. The van der Waals surface area contributed by atoms with Gasteiger partial charge in [-0.3, -0.25) is 4.98 Å². The Morgan fingerprint density at radius 1 is 0.900 bits per heavy atom. The minimum atomic E-state index is 0.624. The van der Waals surface area contributed by atoms with Gasteiger partial charge in [0.2, 0.25) is 0 Å². The van der Waals surface area contributed by atoms with Gasteiger partial charge in [0.1, 0.15) is 5.15 Å². The number of aromatic nitrogens is 3. The van der Waals surface area contributed by atoms with E-state index in [1.54, 1.807) is 0 Å². The fourth-order valence-electron chi connectivity index (χ4n) is 2.82. The average Bonchev–Trinajstić information content (AvgIpc) is 2.63. The molecule has 20 heavy (non-hydrogen) atoms. The first kappa shape index (κ1) is 13.5. The molecule has 0 atom stereocenters. The zero-order valence-electron chi connectivity index (χ0n) is 11.9. The van der Waals surface area contributed by atoms with E-state index in [2.05, 4.69) is 9.97 Å². The molecule has 0 aliphatic heterocycles. The molecule has 0 amide bonds. The second-order valence-electron chi connectivity index (χ2n) is 5.46. The van der Waals surface area contributed by atoms with Crippen LogP contribution < -0.4 is 0 Å². The summed E-state index contributed by atoms with van der Waals surface area (Å²) >= 11 is 6.38. The summed E-state index contributed by atoms with van der Waals surface area (Å²) in [4.78, 5) is 13.7. The SMILES string of the molecule is Cc1cc(-c2nc(Cl)c3c(n2)CCCCC3)cc(C)n1. The lowest BCUT2D eigenvalue weighted by molar-refractivity contribution is 0.709. The zero-order chi connectivity index (χ0) is 14.1. The largest absolute Gasteiger partial charge is 0.258 e. The van der Waals surface area contributed by atoms with Crippen LogP contribution in [0.3, 0.4) is 0 Å². The second kappa shape index (κ2) is 5.49. The van der Waals surface area contributed by atoms with Crippen LogP contribution in [0.5, 0.6) is 0 Å². The van der Waals surface area contributed by atoms with Crippen molar-refractivity contribution in [2.75, 3.05) is 0 Å². The number of hydrogen-bond acceptors (Lipinski definition) is 3. The highest BCUT2D eigenvalue weighted by Crippen LogP contribution is 2.28. The number of hydrogen-bond donors (Lipinski definition) is 0. The van der Waals surface area contributed by atoms with E-state index < -0.39 is 0 Å². The number of pyridine rings is 1. The van der Waals surface area contributed by atoms with Gasteiger partial charge in [0.15, 0.2) is 5.82 Å². The summed E-state index contributed by atoms with van der Waals surface area (Å²) in [6, 6.07) is 4.03. The van der Waals surface area contributed by atoms with Gasteiger partial charge >= 0.3 is 0 Å². The average molecular weight is 288 g/mol. The van der Waals surface area contributed by atoms with E-state index in [9.17, 15) is 0 Å². The molecule has 0 unspecified atom stereocenters. The maximum Gasteiger partial charge on any atom is 0.161 e. The predicted octanol–water partition coefficient (Wildman–Crippen LogP) is 4.08. The topological polar surface area (TPSA) is 38.7 Å². The van der Waals surface area contributed by atoms with Crippen LogP contribution in [0, 0.1) is 13.8 Å². The summed E-state index contributed by atoms with van der Waals surface area (Å²) in [5.74, 6) is 0.726. The van der Waals surface area contributed by atoms with Gasteiger partial charge in [-0.05, 0) is 51.7 Å². The highest BCUT2D eigenvalue weighted by atomic mass is 35.5. The maximum atomic E-state index is 6.38. The van der Waals surface area contributed by atoms with Crippen molar-refractivity contribution in [1.29, 1.82) is 0 Å². The molecule has 2 aromatic heterocycles.